The maximum absolute atomic E-state index is 12.5. The van der Waals surface area contributed by atoms with Gasteiger partial charge in [0, 0.05) is 5.56 Å². The van der Waals surface area contributed by atoms with Crippen LogP contribution in [0.5, 0.6) is 23.0 Å². The van der Waals surface area contributed by atoms with E-state index in [9.17, 15) is 29.7 Å². The monoisotopic (exact) mass is 374 g/mol. The minimum Gasteiger partial charge on any atom is -0.507 e. The van der Waals surface area contributed by atoms with Gasteiger partial charge in [-0.1, -0.05) is 0 Å². The number of esters is 2. The van der Waals surface area contributed by atoms with Gasteiger partial charge < -0.3 is 24.8 Å². The van der Waals surface area contributed by atoms with Gasteiger partial charge in [0.15, 0.2) is 6.29 Å². The lowest BCUT2D eigenvalue weighted by molar-refractivity contribution is 0.0596. The molecule has 0 amide bonds. The van der Waals surface area contributed by atoms with Crippen LogP contribution in [0.15, 0.2) is 12.1 Å². The Labute approximate surface area is 154 Å². The molecule has 0 bridgehead atoms. The van der Waals surface area contributed by atoms with E-state index in [1.54, 1.807) is 0 Å². The number of aldehydes is 1. The Bertz CT molecular complexity index is 959. The number of phenols is 3. The van der Waals surface area contributed by atoms with E-state index in [0.717, 1.165) is 0 Å². The summed E-state index contributed by atoms with van der Waals surface area (Å²) in [5, 5.41) is 30.1. The first-order chi connectivity index (χ1) is 12.6. The van der Waals surface area contributed by atoms with Crippen LogP contribution >= 0.6 is 0 Å². The fourth-order valence-electron chi connectivity index (χ4n) is 2.58. The van der Waals surface area contributed by atoms with Gasteiger partial charge in [-0.25, -0.2) is 9.59 Å². The molecule has 2 aromatic carbocycles. The van der Waals surface area contributed by atoms with E-state index in [1.165, 1.54) is 40.0 Å². The molecule has 0 aliphatic rings. The van der Waals surface area contributed by atoms with Crippen molar-refractivity contribution >= 4 is 18.2 Å². The van der Waals surface area contributed by atoms with Crippen LogP contribution in [0.2, 0.25) is 0 Å². The highest BCUT2D eigenvalue weighted by molar-refractivity contribution is 5.99. The highest BCUT2D eigenvalue weighted by atomic mass is 16.5. The first kappa shape index (κ1) is 19.8. The van der Waals surface area contributed by atoms with E-state index in [0.29, 0.717) is 5.56 Å². The molecule has 0 saturated carbocycles. The summed E-state index contributed by atoms with van der Waals surface area (Å²) >= 11 is 0. The van der Waals surface area contributed by atoms with Crippen molar-refractivity contribution < 1.29 is 39.2 Å². The maximum atomic E-state index is 12.5. The molecule has 3 N–H and O–H groups in total. The van der Waals surface area contributed by atoms with E-state index in [4.69, 9.17) is 4.74 Å². The van der Waals surface area contributed by atoms with Crippen LogP contribution in [0.4, 0.5) is 0 Å². The summed E-state index contributed by atoms with van der Waals surface area (Å²) < 4.78 is 9.84. The Balaban J connectivity index is 2.50. The smallest absolute Gasteiger partial charge is 0.347 e. The number of hydrogen-bond acceptors (Lipinski definition) is 8. The number of hydrogen-bond donors (Lipinski definition) is 3. The number of rotatable bonds is 4. The summed E-state index contributed by atoms with van der Waals surface area (Å²) in [6.45, 7) is 4.41. The van der Waals surface area contributed by atoms with Gasteiger partial charge in [-0.15, -0.1) is 0 Å². The molecule has 0 unspecified atom stereocenters. The predicted octanol–water partition coefficient (Wildman–Crippen LogP) is 2.55. The van der Waals surface area contributed by atoms with Crippen LogP contribution in [0.25, 0.3) is 0 Å². The van der Waals surface area contributed by atoms with E-state index < -0.39 is 34.8 Å². The van der Waals surface area contributed by atoms with Gasteiger partial charge in [0.2, 0.25) is 0 Å². The topological polar surface area (TPSA) is 130 Å². The number of aromatic hydroxyl groups is 3. The first-order valence-corrected chi connectivity index (χ1v) is 7.78. The van der Waals surface area contributed by atoms with Crippen LogP contribution in [-0.2, 0) is 4.74 Å². The molecule has 0 fully saturated rings. The number of benzene rings is 2. The number of carbonyl (C=O) groups excluding carboxylic acids is 3. The molecule has 2 aromatic rings. The van der Waals surface area contributed by atoms with Crippen molar-refractivity contribution in [3.63, 3.8) is 0 Å². The second-order valence-electron chi connectivity index (χ2n) is 5.89. The third-order valence-corrected chi connectivity index (χ3v) is 4.13. The Morgan fingerprint density at radius 1 is 0.926 bits per heavy atom. The lowest BCUT2D eigenvalue weighted by Crippen LogP contribution is -2.12. The lowest BCUT2D eigenvalue weighted by Gasteiger charge is -2.15. The van der Waals surface area contributed by atoms with Gasteiger partial charge in [-0.3, -0.25) is 4.79 Å². The molecule has 0 saturated heterocycles. The molecule has 0 aliphatic carbocycles. The first-order valence-electron chi connectivity index (χ1n) is 7.78. The Morgan fingerprint density at radius 3 is 2.11 bits per heavy atom. The van der Waals surface area contributed by atoms with Crippen molar-refractivity contribution in [2.24, 2.45) is 0 Å². The molecule has 8 heteroatoms. The predicted molar refractivity (Wildman–Crippen MR) is 93.8 cm³/mol. The van der Waals surface area contributed by atoms with Crippen LogP contribution in [0.3, 0.4) is 0 Å². The average molecular weight is 374 g/mol. The summed E-state index contributed by atoms with van der Waals surface area (Å²) in [7, 11) is 1.17. The van der Waals surface area contributed by atoms with Crippen LogP contribution in [0, 0.1) is 20.8 Å². The zero-order valence-corrected chi connectivity index (χ0v) is 15.1. The quantitative estimate of drug-likeness (QED) is 0.423. The molecule has 142 valence electrons. The van der Waals surface area contributed by atoms with Crippen molar-refractivity contribution in [2.45, 2.75) is 20.8 Å². The standard InChI is InChI=1S/C19H18O8/c1-8-6-13(10(3)16(22)14(8)19(25)26-4)27-18(24)11-5-9(2)15(21)12(7-20)17(11)23/h5-7,21-23H,1-4H3. The molecule has 0 aromatic heterocycles. The van der Waals surface area contributed by atoms with Crippen molar-refractivity contribution in [1.82, 2.24) is 0 Å². The van der Waals surface area contributed by atoms with Gasteiger partial charge in [0.1, 0.15) is 34.1 Å². The van der Waals surface area contributed by atoms with Crippen molar-refractivity contribution in [3.05, 3.63) is 45.5 Å². The van der Waals surface area contributed by atoms with Crippen LogP contribution in [0.1, 0.15) is 47.8 Å². The second-order valence-corrected chi connectivity index (χ2v) is 5.89. The van der Waals surface area contributed by atoms with E-state index in [1.807, 2.05) is 0 Å². The normalized spacial score (nSPS) is 10.4. The van der Waals surface area contributed by atoms with Gasteiger partial charge in [-0.05, 0) is 44.0 Å². The van der Waals surface area contributed by atoms with Crippen LogP contribution in [-0.4, -0.2) is 40.7 Å². The van der Waals surface area contributed by atoms with Gasteiger partial charge >= 0.3 is 11.9 Å². The summed E-state index contributed by atoms with van der Waals surface area (Å²) in [5.41, 5.74) is -0.202. The zero-order chi connectivity index (χ0) is 20.5. The number of carbonyl (C=O) groups is 3. The summed E-state index contributed by atoms with van der Waals surface area (Å²) in [6, 6.07) is 2.54. The molecule has 8 nitrogen and oxygen atoms in total. The highest BCUT2D eigenvalue weighted by Crippen LogP contribution is 2.36. The van der Waals surface area contributed by atoms with Crippen molar-refractivity contribution in [3.8, 4) is 23.0 Å². The number of phenolic OH excluding ortho intramolecular Hbond substituents is 3. The minimum absolute atomic E-state index is 0.0413. The van der Waals surface area contributed by atoms with Crippen molar-refractivity contribution in [1.29, 1.82) is 0 Å². The zero-order valence-electron chi connectivity index (χ0n) is 15.1. The highest BCUT2D eigenvalue weighted by Gasteiger charge is 2.24. The second kappa shape index (κ2) is 7.36. The molecule has 0 spiro atoms. The Hall–Kier alpha value is -3.55. The summed E-state index contributed by atoms with van der Waals surface area (Å²) in [6.07, 6.45) is 0.223. The molecule has 0 aliphatic heterocycles. The van der Waals surface area contributed by atoms with Crippen LogP contribution < -0.4 is 4.74 Å². The number of aryl methyl sites for hydroxylation is 2. The molecule has 27 heavy (non-hydrogen) atoms. The minimum atomic E-state index is -1.01. The van der Waals surface area contributed by atoms with Crippen molar-refractivity contribution in [2.75, 3.05) is 7.11 Å². The largest absolute Gasteiger partial charge is 0.507 e. The van der Waals surface area contributed by atoms with Gasteiger partial charge in [0.25, 0.3) is 0 Å². The molecule has 0 radical (unpaired) electrons. The molecule has 2 rings (SSSR count). The van der Waals surface area contributed by atoms with E-state index in [-0.39, 0.29) is 34.3 Å². The SMILES string of the molecule is COC(=O)c1c(C)cc(OC(=O)c2cc(C)c(O)c(C=O)c2O)c(C)c1O. The average Bonchev–Trinajstić information content (AvgIpc) is 2.62. The summed E-state index contributed by atoms with van der Waals surface area (Å²) in [5.74, 6) is -3.35. The third-order valence-electron chi connectivity index (χ3n) is 4.13. The number of methoxy groups -OCH3 is 1. The third kappa shape index (κ3) is 3.41. The summed E-state index contributed by atoms with van der Waals surface area (Å²) in [4.78, 5) is 35.3. The van der Waals surface area contributed by atoms with Gasteiger partial charge in [0.05, 0.1) is 12.7 Å². The number of ether oxygens (including phenoxy) is 2. The van der Waals surface area contributed by atoms with E-state index in [2.05, 4.69) is 4.74 Å². The Kier molecular flexibility index (Phi) is 5.39. The molecular weight excluding hydrogens is 356 g/mol. The molecule has 0 atom stereocenters. The fourth-order valence-corrected chi connectivity index (χ4v) is 2.58. The van der Waals surface area contributed by atoms with E-state index >= 15 is 0 Å². The maximum Gasteiger partial charge on any atom is 0.347 e. The lowest BCUT2D eigenvalue weighted by atomic mass is 10.0. The fraction of sp³-hybridized carbons (Fsp3) is 0.211. The molecular formula is C19H18O8. The molecule has 0 heterocycles. The van der Waals surface area contributed by atoms with Gasteiger partial charge in [-0.2, -0.15) is 0 Å². The Morgan fingerprint density at radius 2 is 1.56 bits per heavy atom.